The first-order valence-corrected chi connectivity index (χ1v) is 23.3. The number of hydrogen-bond donors (Lipinski definition) is 0. The Morgan fingerprint density at radius 3 is 1.51 bits per heavy atom. The number of esters is 2. The van der Waals surface area contributed by atoms with E-state index in [1.807, 2.05) is 21.1 Å². The van der Waals surface area contributed by atoms with E-state index in [0.29, 0.717) is 23.9 Å². The number of allylic oxidation sites excluding steroid dienone is 14. The lowest BCUT2D eigenvalue weighted by Gasteiger charge is -2.28. The molecule has 2 atom stereocenters. The Labute approximate surface area is 348 Å². The molecule has 326 valence electrons. The van der Waals surface area contributed by atoms with Crippen LogP contribution in [0, 0.1) is 0 Å². The first-order valence-electron chi connectivity index (χ1n) is 21.8. The average Bonchev–Trinajstić information content (AvgIpc) is 3.16. The van der Waals surface area contributed by atoms with Crippen LogP contribution in [0.2, 0.25) is 0 Å². The molecule has 0 rings (SSSR count). The molecule has 0 saturated heterocycles. The van der Waals surface area contributed by atoms with Gasteiger partial charge in [0.15, 0.2) is 6.10 Å². The molecule has 0 amide bonds. The van der Waals surface area contributed by atoms with E-state index in [-0.39, 0.29) is 26.1 Å². The molecule has 0 aromatic carbocycles. The van der Waals surface area contributed by atoms with Gasteiger partial charge in [0.2, 0.25) is 0 Å². The first kappa shape index (κ1) is 54.2. The van der Waals surface area contributed by atoms with Crippen molar-refractivity contribution in [3.8, 4) is 0 Å². The number of rotatable bonds is 38. The van der Waals surface area contributed by atoms with Crippen LogP contribution in [-0.2, 0) is 32.7 Å². The fourth-order valence-corrected chi connectivity index (χ4v) is 5.95. The number of phosphoric acid groups is 1. The summed E-state index contributed by atoms with van der Waals surface area (Å²) in [5.41, 5.74) is 0. The smallest absolute Gasteiger partial charge is 0.306 e. The van der Waals surface area contributed by atoms with Gasteiger partial charge in [-0.1, -0.05) is 137 Å². The molecule has 0 fully saturated rings. The quantitative estimate of drug-likeness (QED) is 0.0199. The highest BCUT2D eigenvalue weighted by molar-refractivity contribution is 7.45. The molecule has 0 bridgehead atoms. The SMILES string of the molecule is CC/C=C/C/C=C/C/C=C/C/C=C/C/C=C/CCCCCC(=O)OC[C@@H](COP(=O)([O-])OCC[N+](C)(C)C)OC(=O)CCCCCCC/C=C/C/C=C/CCCC. The molecule has 0 heterocycles. The van der Waals surface area contributed by atoms with Crippen molar-refractivity contribution in [3.63, 3.8) is 0 Å². The minimum atomic E-state index is -4.64. The predicted molar refractivity (Wildman–Crippen MR) is 236 cm³/mol. The molecule has 0 aliphatic carbocycles. The van der Waals surface area contributed by atoms with E-state index in [9.17, 15) is 19.0 Å². The maximum absolute atomic E-state index is 12.7. The van der Waals surface area contributed by atoms with E-state index in [1.165, 1.54) is 12.8 Å². The van der Waals surface area contributed by atoms with Crippen LogP contribution in [0.3, 0.4) is 0 Å². The predicted octanol–water partition coefficient (Wildman–Crippen LogP) is 11.8. The van der Waals surface area contributed by atoms with Gasteiger partial charge in [0, 0.05) is 12.8 Å². The number of quaternary nitrogens is 1. The highest BCUT2D eigenvalue weighted by Crippen LogP contribution is 2.38. The number of unbranched alkanes of at least 4 members (excludes halogenated alkanes) is 10. The molecule has 9 nitrogen and oxygen atoms in total. The van der Waals surface area contributed by atoms with Crippen molar-refractivity contribution < 1.29 is 42.1 Å². The Hall–Kier alpha value is -2.81. The number of carbonyl (C=O) groups excluding carboxylic acids is 2. The Balaban J connectivity index is 4.46. The lowest BCUT2D eigenvalue weighted by molar-refractivity contribution is -0.870. The van der Waals surface area contributed by atoms with Gasteiger partial charge < -0.3 is 27.9 Å². The van der Waals surface area contributed by atoms with Gasteiger partial charge >= 0.3 is 11.9 Å². The van der Waals surface area contributed by atoms with E-state index in [0.717, 1.165) is 96.3 Å². The average molecular weight is 818 g/mol. The van der Waals surface area contributed by atoms with Crippen molar-refractivity contribution >= 4 is 19.8 Å². The van der Waals surface area contributed by atoms with Gasteiger partial charge in [-0.2, -0.15) is 0 Å². The van der Waals surface area contributed by atoms with Gasteiger partial charge in [-0.05, 0) is 83.5 Å². The Bertz CT molecular complexity index is 1240. The summed E-state index contributed by atoms with van der Waals surface area (Å²) in [6, 6.07) is 0. The van der Waals surface area contributed by atoms with Crippen LogP contribution in [0.25, 0.3) is 0 Å². The van der Waals surface area contributed by atoms with E-state index < -0.39 is 32.5 Å². The molecule has 0 aliphatic rings. The fourth-order valence-electron chi connectivity index (χ4n) is 5.22. The van der Waals surface area contributed by atoms with Crippen molar-refractivity contribution in [2.75, 3.05) is 47.5 Å². The molecule has 0 radical (unpaired) electrons. The van der Waals surface area contributed by atoms with E-state index >= 15 is 0 Å². The lowest BCUT2D eigenvalue weighted by Crippen LogP contribution is -2.37. The Morgan fingerprint density at radius 2 is 1.00 bits per heavy atom. The van der Waals surface area contributed by atoms with Gasteiger partial charge in [0.25, 0.3) is 7.82 Å². The van der Waals surface area contributed by atoms with E-state index in [1.54, 1.807) is 0 Å². The summed E-state index contributed by atoms with van der Waals surface area (Å²) < 4.78 is 33.8. The lowest BCUT2D eigenvalue weighted by atomic mass is 10.1. The summed E-state index contributed by atoms with van der Waals surface area (Å²) in [6.07, 6.45) is 48.9. The van der Waals surface area contributed by atoms with Crippen LogP contribution in [0.1, 0.15) is 149 Å². The second kappa shape index (κ2) is 38.7. The minimum Gasteiger partial charge on any atom is -0.756 e. The number of phosphoric ester groups is 1. The van der Waals surface area contributed by atoms with Gasteiger partial charge in [0.1, 0.15) is 19.8 Å². The van der Waals surface area contributed by atoms with Crippen molar-refractivity contribution in [2.24, 2.45) is 0 Å². The third-order valence-corrected chi connectivity index (χ3v) is 9.61. The molecule has 1 unspecified atom stereocenters. The summed E-state index contributed by atoms with van der Waals surface area (Å²) in [6.45, 7) is 3.99. The summed E-state index contributed by atoms with van der Waals surface area (Å²) in [4.78, 5) is 37.5. The van der Waals surface area contributed by atoms with Crippen LogP contribution in [-0.4, -0.2) is 70.0 Å². The molecular weight excluding hydrogens is 737 g/mol. The topological polar surface area (TPSA) is 111 Å². The molecule has 0 aromatic rings. The minimum absolute atomic E-state index is 0.0441. The molecule has 0 saturated carbocycles. The zero-order chi connectivity index (χ0) is 42.1. The summed E-state index contributed by atoms with van der Waals surface area (Å²) >= 11 is 0. The second-order valence-electron chi connectivity index (χ2n) is 15.3. The van der Waals surface area contributed by atoms with Crippen LogP contribution in [0.5, 0.6) is 0 Å². The highest BCUT2D eigenvalue weighted by Gasteiger charge is 2.21. The summed E-state index contributed by atoms with van der Waals surface area (Å²) in [5.74, 6) is -0.898. The van der Waals surface area contributed by atoms with Gasteiger partial charge in [-0.3, -0.25) is 14.2 Å². The normalized spacial score (nSPS) is 14.4. The number of carbonyl (C=O) groups is 2. The number of ether oxygens (including phenoxy) is 2. The van der Waals surface area contributed by atoms with Gasteiger partial charge in [-0.15, -0.1) is 0 Å². The standard InChI is InChI=1S/C47H80NO8P/c1-6-8-10-12-14-16-18-20-22-23-24-25-26-28-29-31-33-35-37-39-46(49)53-43-45(44-55-57(51,52)54-42-41-48(3,4)5)56-47(50)40-38-36-34-32-30-27-21-19-17-15-13-11-9-7-2/h8,10,13-16,19-22,24-25,28-29,45H,6-7,9,11-12,17-18,23,26-27,30-44H2,1-5H3/b10-8+,15-13+,16-14+,21-19+,22-20+,25-24+,29-28+/t45-/m0/s1. The second-order valence-corrected chi connectivity index (χ2v) is 16.7. The van der Waals surface area contributed by atoms with Crippen LogP contribution in [0.15, 0.2) is 85.1 Å². The maximum Gasteiger partial charge on any atom is 0.306 e. The van der Waals surface area contributed by atoms with Crippen LogP contribution in [0.4, 0.5) is 0 Å². The van der Waals surface area contributed by atoms with Gasteiger partial charge in [0.05, 0.1) is 27.7 Å². The van der Waals surface area contributed by atoms with Gasteiger partial charge in [-0.25, -0.2) is 0 Å². The molecule has 0 aromatic heterocycles. The molecule has 0 spiro atoms. The molecular formula is C47H80NO8P. The zero-order valence-electron chi connectivity index (χ0n) is 36.5. The Kier molecular flexibility index (Phi) is 36.8. The van der Waals surface area contributed by atoms with E-state index in [2.05, 4.69) is 98.9 Å². The first-order chi connectivity index (χ1) is 27.5. The highest BCUT2D eigenvalue weighted by atomic mass is 31.2. The third-order valence-electron chi connectivity index (χ3n) is 8.65. The number of hydrogen-bond acceptors (Lipinski definition) is 8. The van der Waals surface area contributed by atoms with Crippen LogP contribution < -0.4 is 4.89 Å². The number of nitrogens with zero attached hydrogens (tertiary/aromatic N) is 1. The molecule has 0 aliphatic heterocycles. The zero-order valence-corrected chi connectivity index (χ0v) is 37.4. The van der Waals surface area contributed by atoms with Crippen molar-refractivity contribution in [3.05, 3.63) is 85.1 Å². The maximum atomic E-state index is 12.7. The monoisotopic (exact) mass is 818 g/mol. The largest absolute Gasteiger partial charge is 0.756 e. The van der Waals surface area contributed by atoms with Crippen molar-refractivity contribution in [2.45, 2.75) is 155 Å². The summed E-state index contributed by atoms with van der Waals surface area (Å²) in [5, 5.41) is 0. The molecule has 57 heavy (non-hydrogen) atoms. The van der Waals surface area contributed by atoms with Crippen molar-refractivity contribution in [1.82, 2.24) is 0 Å². The van der Waals surface area contributed by atoms with E-state index in [4.69, 9.17) is 18.5 Å². The third kappa shape index (κ3) is 42.6. The number of likely N-dealkylation sites (N-methyl/N-ethyl adjacent to an activating group) is 1. The fraction of sp³-hybridized carbons (Fsp3) is 0.660. The van der Waals surface area contributed by atoms with Crippen molar-refractivity contribution in [1.29, 1.82) is 0 Å². The Morgan fingerprint density at radius 1 is 0.561 bits per heavy atom. The van der Waals surface area contributed by atoms with Crippen LogP contribution >= 0.6 is 7.82 Å². The summed E-state index contributed by atoms with van der Waals surface area (Å²) in [7, 11) is 1.12. The molecule has 0 N–H and O–H groups in total. The molecule has 10 heteroatoms.